The van der Waals surface area contributed by atoms with Crippen LogP contribution in [0.2, 0.25) is 0 Å². The van der Waals surface area contributed by atoms with Crippen molar-refractivity contribution in [3.05, 3.63) is 42.5 Å². The summed E-state index contributed by atoms with van der Waals surface area (Å²) in [6.07, 6.45) is 2.22. The van der Waals surface area contributed by atoms with Gasteiger partial charge in [-0.25, -0.2) is 4.79 Å². The van der Waals surface area contributed by atoms with E-state index in [1.54, 1.807) is 0 Å². The van der Waals surface area contributed by atoms with E-state index >= 15 is 0 Å². The highest BCUT2D eigenvalue weighted by Crippen LogP contribution is 2.27. The van der Waals surface area contributed by atoms with Gasteiger partial charge in [-0.3, -0.25) is 0 Å². The van der Waals surface area contributed by atoms with Gasteiger partial charge < -0.3 is 4.74 Å². The van der Waals surface area contributed by atoms with Crippen LogP contribution in [0.1, 0.15) is 32.8 Å². The fraction of sp³-hybridized carbons (Fsp3) is 0.357. The number of carbonyl (C=O) groups is 1. The van der Waals surface area contributed by atoms with Gasteiger partial charge >= 0.3 is 5.97 Å². The van der Waals surface area contributed by atoms with E-state index in [9.17, 15) is 4.79 Å². The molecule has 1 aromatic carbocycles. The van der Waals surface area contributed by atoms with Crippen molar-refractivity contribution in [3.63, 3.8) is 0 Å². The van der Waals surface area contributed by atoms with Crippen LogP contribution in [0.15, 0.2) is 36.9 Å². The fourth-order valence-electron chi connectivity index (χ4n) is 1.34. The van der Waals surface area contributed by atoms with Crippen LogP contribution in [0.25, 0.3) is 0 Å². The maximum absolute atomic E-state index is 11.0. The number of hydrogen-bond donors (Lipinski definition) is 0. The molecule has 0 heterocycles. The molecular weight excluding hydrogens is 200 g/mol. The van der Waals surface area contributed by atoms with Gasteiger partial charge in [0, 0.05) is 6.08 Å². The molecule has 0 radical (unpaired) electrons. The topological polar surface area (TPSA) is 26.3 Å². The number of esters is 1. The molecule has 86 valence electrons. The predicted octanol–water partition coefficient (Wildman–Crippen LogP) is 3.47. The standard InChI is InChI=1S/C14H18O2/c1-5-13(15)16-12-9-7-11(8-10-12)14(3,4)6-2/h5,7-10H,1,6H2,2-4H3. The Morgan fingerprint density at radius 2 is 1.94 bits per heavy atom. The first kappa shape index (κ1) is 12.5. The average Bonchev–Trinajstić information content (AvgIpc) is 2.29. The van der Waals surface area contributed by atoms with Crippen LogP contribution in [0, 0.1) is 0 Å². The first-order valence-corrected chi connectivity index (χ1v) is 5.44. The highest BCUT2D eigenvalue weighted by atomic mass is 16.5. The Balaban J connectivity index is 2.83. The highest BCUT2D eigenvalue weighted by molar-refractivity contribution is 5.83. The molecule has 2 heteroatoms. The van der Waals surface area contributed by atoms with Crippen LogP contribution in [-0.2, 0) is 10.2 Å². The molecule has 0 spiro atoms. The molecule has 0 bridgehead atoms. The van der Waals surface area contributed by atoms with Crippen molar-refractivity contribution in [2.24, 2.45) is 0 Å². The van der Waals surface area contributed by atoms with Crippen LogP contribution in [0.3, 0.4) is 0 Å². The molecule has 0 saturated carbocycles. The Hall–Kier alpha value is -1.57. The van der Waals surface area contributed by atoms with Crippen molar-refractivity contribution >= 4 is 5.97 Å². The summed E-state index contributed by atoms with van der Waals surface area (Å²) < 4.78 is 5.01. The lowest BCUT2D eigenvalue weighted by Gasteiger charge is -2.23. The van der Waals surface area contributed by atoms with Crippen molar-refractivity contribution in [2.45, 2.75) is 32.6 Å². The Morgan fingerprint density at radius 3 is 2.38 bits per heavy atom. The summed E-state index contributed by atoms with van der Waals surface area (Å²) >= 11 is 0. The molecule has 16 heavy (non-hydrogen) atoms. The molecule has 0 fully saturated rings. The van der Waals surface area contributed by atoms with E-state index in [-0.39, 0.29) is 5.41 Å². The zero-order valence-electron chi connectivity index (χ0n) is 10.1. The number of rotatable bonds is 4. The molecule has 1 aromatic rings. The van der Waals surface area contributed by atoms with Gasteiger partial charge in [0.05, 0.1) is 0 Å². The number of benzene rings is 1. The monoisotopic (exact) mass is 218 g/mol. The van der Waals surface area contributed by atoms with Gasteiger partial charge in [0.15, 0.2) is 0 Å². The Bertz CT molecular complexity index is 374. The first-order valence-electron chi connectivity index (χ1n) is 5.44. The van der Waals surface area contributed by atoms with Gasteiger partial charge in [-0.2, -0.15) is 0 Å². The van der Waals surface area contributed by atoms with Crippen LogP contribution in [-0.4, -0.2) is 5.97 Å². The average molecular weight is 218 g/mol. The van der Waals surface area contributed by atoms with Crippen molar-refractivity contribution in [3.8, 4) is 5.75 Å². The summed E-state index contributed by atoms with van der Waals surface area (Å²) in [4.78, 5) is 11.0. The molecule has 0 saturated heterocycles. The molecule has 0 aliphatic carbocycles. The Morgan fingerprint density at radius 1 is 1.38 bits per heavy atom. The lowest BCUT2D eigenvalue weighted by atomic mass is 9.82. The second kappa shape index (κ2) is 4.97. The molecule has 1 rings (SSSR count). The summed E-state index contributed by atoms with van der Waals surface area (Å²) in [6.45, 7) is 9.90. The van der Waals surface area contributed by atoms with Crippen molar-refractivity contribution < 1.29 is 9.53 Å². The minimum atomic E-state index is -0.428. The van der Waals surface area contributed by atoms with Gasteiger partial charge in [0.25, 0.3) is 0 Å². The van der Waals surface area contributed by atoms with E-state index in [2.05, 4.69) is 27.4 Å². The Kier molecular flexibility index (Phi) is 3.88. The second-order valence-electron chi connectivity index (χ2n) is 4.39. The van der Waals surface area contributed by atoms with Crippen LogP contribution in [0.5, 0.6) is 5.75 Å². The van der Waals surface area contributed by atoms with Gasteiger partial charge in [0.1, 0.15) is 5.75 Å². The van der Waals surface area contributed by atoms with E-state index in [0.717, 1.165) is 12.5 Å². The van der Waals surface area contributed by atoms with E-state index in [4.69, 9.17) is 4.74 Å². The molecule has 0 aliphatic rings. The zero-order chi connectivity index (χ0) is 12.2. The van der Waals surface area contributed by atoms with Crippen molar-refractivity contribution in [1.29, 1.82) is 0 Å². The highest BCUT2D eigenvalue weighted by Gasteiger charge is 2.17. The zero-order valence-corrected chi connectivity index (χ0v) is 10.1. The molecule has 0 amide bonds. The van der Waals surface area contributed by atoms with E-state index in [1.165, 1.54) is 5.56 Å². The van der Waals surface area contributed by atoms with E-state index < -0.39 is 5.97 Å². The maximum atomic E-state index is 11.0. The Labute approximate surface area is 96.9 Å². The summed E-state index contributed by atoms with van der Waals surface area (Å²) in [5.41, 5.74) is 1.40. The molecule has 0 N–H and O–H groups in total. The van der Waals surface area contributed by atoms with E-state index in [1.807, 2.05) is 24.3 Å². The molecule has 0 atom stereocenters. The lowest BCUT2D eigenvalue weighted by Crippen LogP contribution is -2.15. The van der Waals surface area contributed by atoms with Gasteiger partial charge in [-0.15, -0.1) is 0 Å². The van der Waals surface area contributed by atoms with Crippen LogP contribution in [0.4, 0.5) is 0 Å². The number of ether oxygens (including phenoxy) is 1. The lowest BCUT2D eigenvalue weighted by molar-refractivity contribution is -0.128. The summed E-state index contributed by atoms with van der Waals surface area (Å²) in [7, 11) is 0. The van der Waals surface area contributed by atoms with Crippen molar-refractivity contribution in [2.75, 3.05) is 0 Å². The van der Waals surface area contributed by atoms with Crippen LogP contribution >= 0.6 is 0 Å². The molecule has 0 aromatic heterocycles. The SMILES string of the molecule is C=CC(=O)Oc1ccc(C(C)(C)CC)cc1. The van der Waals surface area contributed by atoms with Gasteiger partial charge in [-0.1, -0.05) is 39.5 Å². The maximum Gasteiger partial charge on any atom is 0.335 e. The normalized spacial score (nSPS) is 10.9. The predicted molar refractivity (Wildman–Crippen MR) is 65.6 cm³/mol. The largest absolute Gasteiger partial charge is 0.423 e. The van der Waals surface area contributed by atoms with E-state index in [0.29, 0.717) is 5.75 Å². The molecule has 0 unspecified atom stereocenters. The minimum Gasteiger partial charge on any atom is -0.423 e. The van der Waals surface area contributed by atoms with Gasteiger partial charge in [0.2, 0.25) is 0 Å². The minimum absolute atomic E-state index is 0.154. The van der Waals surface area contributed by atoms with Crippen LogP contribution < -0.4 is 4.74 Å². The smallest absolute Gasteiger partial charge is 0.335 e. The fourth-order valence-corrected chi connectivity index (χ4v) is 1.34. The first-order chi connectivity index (χ1) is 7.49. The second-order valence-corrected chi connectivity index (χ2v) is 4.39. The summed E-state index contributed by atoms with van der Waals surface area (Å²) in [6, 6.07) is 7.62. The number of carbonyl (C=O) groups excluding carboxylic acids is 1. The third-order valence-electron chi connectivity index (χ3n) is 2.90. The quantitative estimate of drug-likeness (QED) is 0.439. The third-order valence-corrected chi connectivity index (χ3v) is 2.90. The third kappa shape index (κ3) is 2.96. The van der Waals surface area contributed by atoms with Gasteiger partial charge in [-0.05, 0) is 29.5 Å². The summed E-state index contributed by atoms with van der Waals surface area (Å²) in [5, 5.41) is 0. The van der Waals surface area contributed by atoms with Crippen molar-refractivity contribution in [1.82, 2.24) is 0 Å². The summed E-state index contributed by atoms with van der Waals surface area (Å²) in [5.74, 6) is 0.128. The number of hydrogen-bond acceptors (Lipinski definition) is 2. The molecule has 0 aliphatic heterocycles. The molecular formula is C14H18O2. The molecule has 2 nitrogen and oxygen atoms in total.